The molecular formula is C34H48Cl2N2O10S. The second-order valence-electron chi connectivity index (χ2n) is 11.7. The van der Waals surface area contributed by atoms with E-state index in [9.17, 15) is 28.2 Å². The SMILES string of the molecule is CCOCCNC(=O)C(O)C(O)C(=O)CCCOCCOCCOCCCS(=O)(=O)c1ccc(C2CN(C)Cc3c(Cl)cc(Cl)cc32)cc1. The Hall–Kier alpha value is -2.17. The van der Waals surface area contributed by atoms with Gasteiger partial charge in [-0.25, -0.2) is 8.42 Å². The summed E-state index contributed by atoms with van der Waals surface area (Å²) in [7, 11) is -1.45. The highest BCUT2D eigenvalue weighted by atomic mass is 35.5. The van der Waals surface area contributed by atoms with Gasteiger partial charge in [0, 0.05) is 61.8 Å². The number of aliphatic hydroxyl groups excluding tert-OH is 2. The number of hydrogen-bond donors (Lipinski definition) is 3. The average molecular weight is 748 g/mol. The largest absolute Gasteiger partial charge is 0.382 e. The Bertz CT molecular complexity index is 1450. The lowest BCUT2D eigenvalue weighted by atomic mass is 9.85. The number of nitrogens with zero attached hydrogens (tertiary/aromatic N) is 1. The zero-order valence-electron chi connectivity index (χ0n) is 28.1. The molecule has 3 unspecified atom stereocenters. The standard InChI is InChI=1S/C34H48Cl2N2O10S/c1-3-45-14-11-37-34(42)33(41)32(40)31(39)6-4-12-46-15-17-48-18-16-47-13-5-19-49(43,44)26-9-7-24(8-10-26)28-22-38(2)23-29-27(28)20-25(35)21-30(29)36/h7-10,20-21,28,32-33,40-41H,3-6,11-19,22-23H2,1-2H3,(H,37,42). The van der Waals surface area contributed by atoms with Crippen LogP contribution in [0.5, 0.6) is 0 Å². The van der Waals surface area contributed by atoms with Crippen molar-refractivity contribution in [2.45, 2.75) is 55.8 Å². The summed E-state index contributed by atoms with van der Waals surface area (Å²) in [6.07, 6.45) is -3.06. The maximum Gasteiger partial charge on any atom is 0.252 e. The van der Waals surface area contributed by atoms with Crippen LogP contribution in [-0.2, 0) is 44.9 Å². The number of ketones is 1. The topological polar surface area (TPSA) is 161 Å². The lowest BCUT2D eigenvalue weighted by Gasteiger charge is -2.33. The number of carbonyl (C=O) groups excluding carboxylic acids is 2. The first kappa shape index (κ1) is 41.3. The number of rotatable bonds is 23. The van der Waals surface area contributed by atoms with E-state index >= 15 is 0 Å². The summed E-state index contributed by atoms with van der Waals surface area (Å²) < 4.78 is 47.3. The molecule has 0 saturated carbocycles. The maximum atomic E-state index is 12.9. The highest BCUT2D eigenvalue weighted by Gasteiger charge is 2.30. The second kappa shape index (κ2) is 21.3. The molecular weight excluding hydrogens is 699 g/mol. The zero-order valence-corrected chi connectivity index (χ0v) is 30.4. The van der Waals surface area contributed by atoms with Gasteiger partial charge in [0.15, 0.2) is 21.7 Å². The van der Waals surface area contributed by atoms with Crippen molar-refractivity contribution < 1.29 is 47.2 Å². The van der Waals surface area contributed by atoms with Gasteiger partial charge in [0.1, 0.15) is 6.10 Å². The molecule has 2 aromatic carbocycles. The summed E-state index contributed by atoms with van der Waals surface area (Å²) in [4.78, 5) is 26.3. The normalized spacial score (nSPS) is 16.2. The summed E-state index contributed by atoms with van der Waals surface area (Å²) in [5.41, 5.74) is 3.10. The van der Waals surface area contributed by atoms with Gasteiger partial charge in [-0.1, -0.05) is 35.3 Å². The van der Waals surface area contributed by atoms with E-state index in [1.165, 1.54) is 0 Å². The van der Waals surface area contributed by atoms with Crippen LogP contribution in [0.15, 0.2) is 41.3 Å². The van der Waals surface area contributed by atoms with E-state index in [2.05, 4.69) is 10.2 Å². The number of nitrogens with one attached hydrogen (secondary N) is 1. The van der Waals surface area contributed by atoms with Crippen LogP contribution in [0.3, 0.4) is 0 Å². The zero-order chi connectivity index (χ0) is 35.8. The maximum absolute atomic E-state index is 12.9. The number of likely N-dealkylation sites (N-methyl/N-ethyl adjacent to an activating group) is 1. The molecule has 0 bridgehead atoms. The lowest BCUT2D eigenvalue weighted by molar-refractivity contribution is -0.145. The Labute approximate surface area is 298 Å². The van der Waals surface area contributed by atoms with Crippen molar-refractivity contribution in [3.05, 3.63) is 63.1 Å². The van der Waals surface area contributed by atoms with Crippen molar-refractivity contribution in [2.24, 2.45) is 0 Å². The van der Waals surface area contributed by atoms with Crippen molar-refractivity contribution in [1.82, 2.24) is 10.2 Å². The predicted molar refractivity (Wildman–Crippen MR) is 186 cm³/mol. The number of hydrogen-bond acceptors (Lipinski definition) is 11. The molecule has 274 valence electrons. The summed E-state index contributed by atoms with van der Waals surface area (Å²) >= 11 is 12.8. The first-order valence-electron chi connectivity index (χ1n) is 16.4. The minimum absolute atomic E-state index is 0.0268. The summed E-state index contributed by atoms with van der Waals surface area (Å²) in [5.74, 6) is -1.50. The van der Waals surface area contributed by atoms with Crippen LogP contribution in [-0.4, -0.2) is 126 Å². The van der Waals surface area contributed by atoms with Gasteiger partial charge >= 0.3 is 0 Å². The number of benzene rings is 2. The van der Waals surface area contributed by atoms with Crippen molar-refractivity contribution in [2.75, 3.05) is 78.7 Å². The van der Waals surface area contributed by atoms with E-state index in [0.717, 1.165) is 29.8 Å². The minimum Gasteiger partial charge on any atom is -0.382 e. The van der Waals surface area contributed by atoms with Gasteiger partial charge < -0.3 is 39.4 Å². The van der Waals surface area contributed by atoms with Crippen LogP contribution in [0.25, 0.3) is 0 Å². The quantitative estimate of drug-likeness (QED) is 0.144. The molecule has 0 fully saturated rings. The minimum atomic E-state index is -3.48. The Morgan fingerprint density at radius 3 is 2.20 bits per heavy atom. The summed E-state index contributed by atoms with van der Waals surface area (Å²) in [6, 6.07) is 10.7. The van der Waals surface area contributed by atoms with Crippen LogP contribution in [0.2, 0.25) is 10.0 Å². The molecule has 49 heavy (non-hydrogen) atoms. The number of aliphatic hydroxyl groups is 2. The number of amides is 1. The van der Waals surface area contributed by atoms with Crippen molar-refractivity contribution in [3.63, 3.8) is 0 Å². The molecule has 2 aromatic rings. The molecule has 1 amide bonds. The van der Waals surface area contributed by atoms with Gasteiger partial charge in [-0.3, -0.25) is 9.59 Å². The smallest absolute Gasteiger partial charge is 0.252 e. The van der Waals surface area contributed by atoms with Crippen LogP contribution in [0, 0.1) is 0 Å². The van der Waals surface area contributed by atoms with Crippen LogP contribution in [0.1, 0.15) is 48.8 Å². The number of sulfone groups is 1. The fourth-order valence-electron chi connectivity index (χ4n) is 5.36. The number of ether oxygens (including phenoxy) is 4. The Morgan fingerprint density at radius 2 is 1.55 bits per heavy atom. The van der Waals surface area contributed by atoms with E-state index in [-0.39, 0.29) is 56.0 Å². The van der Waals surface area contributed by atoms with Gasteiger partial charge in [-0.15, -0.1) is 0 Å². The van der Waals surface area contributed by atoms with Gasteiger partial charge in [-0.05, 0) is 67.8 Å². The third kappa shape index (κ3) is 13.5. The second-order valence-corrected chi connectivity index (χ2v) is 14.7. The molecule has 0 saturated heterocycles. The molecule has 12 nitrogen and oxygen atoms in total. The first-order valence-corrected chi connectivity index (χ1v) is 18.8. The van der Waals surface area contributed by atoms with Gasteiger partial charge in [0.2, 0.25) is 0 Å². The molecule has 0 aliphatic carbocycles. The molecule has 0 spiro atoms. The highest BCUT2D eigenvalue weighted by molar-refractivity contribution is 7.91. The fraction of sp³-hybridized carbons (Fsp3) is 0.588. The van der Waals surface area contributed by atoms with Crippen molar-refractivity contribution in [1.29, 1.82) is 0 Å². The Morgan fingerprint density at radius 1 is 0.918 bits per heavy atom. The van der Waals surface area contributed by atoms with Gasteiger partial charge in [0.05, 0.1) is 43.7 Å². The third-order valence-corrected chi connectivity index (χ3v) is 10.3. The van der Waals surface area contributed by atoms with E-state index in [1.54, 1.807) is 25.1 Å². The van der Waals surface area contributed by atoms with Crippen LogP contribution < -0.4 is 5.32 Å². The number of Topliss-reactive ketones (excluding diaryl/α,β-unsaturated/α-hetero) is 1. The molecule has 15 heteroatoms. The Kier molecular flexibility index (Phi) is 17.9. The molecule has 1 heterocycles. The number of carbonyl (C=O) groups is 2. The van der Waals surface area contributed by atoms with E-state index in [4.69, 9.17) is 42.1 Å². The number of fused-ring (bicyclic) bond motifs is 1. The number of halogens is 2. The molecule has 3 rings (SSSR count). The summed E-state index contributed by atoms with van der Waals surface area (Å²) in [6.45, 7) is 5.91. The fourth-order valence-corrected chi connectivity index (χ4v) is 7.21. The molecule has 3 atom stereocenters. The molecule has 1 aliphatic rings. The molecule has 0 aromatic heterocycles. The highest BCUT2D eigenvalue weighted by Crippen LogP contribution is 2.38. The van der Waals surface area contributed by atoms with Crippen molar-refractivity contribution >= 4 is 44.7 Å². The monoisotopic (exact) mass is 746 g/mol. The Balaban J connectivity index is 1.24. The average Bonchev–Trinajstić information content (AvgIpc) is 3.08. The van der Waals surface area contributed by atoms with E-state index in [1.807, 2.05) is 25.2 Å². The van der Waals surface area contributed by atoms with Gasteiger partial charge in [0.25, 0.3) is 5.91 Å². The third-order valence-electron chi connectivity index (χ3n) is 7.94. The van der Waals surface area contributed by atoms with E-state index in [0.29, 0.717) is 49.3 Å². The van der Waals surface area contributed by atoms with Gasteiger partial charge in [-0.2, -0.15) is 0 Å². The molecule has 3 N–H and O–H groups in total. The summed E-state index contributed by atoms with van der Waals surface area (Å²) in [5, 5.41) is 23.4. The van der Waals surface area contributed by atoms with Crippen molar-refractivity contribution in [3.8, 4) is 0 Å². The van der Waals surface area contributed by atoms with Crippen LogP contribution >= 0.6 is 23.2 Å². The molecule has 1 aliphatic heterocycles. The predicted octanol–water partition coefficient (Wildman–Crippen LogP) is 3.01. The molecule has 0 radical (unpaired) electrons. The first-order chi connectivity index (χ1) is 23.4. The lowest BCUT2D eigenvalue weighted by Crippen LogP contribution is -2.46. The van der Waals surface area contributed by atoms with E-state index < -0.39 is 33.7 Å². The van der Waals surface area contributed by atoms with Crippen LogP contribution in [0.4, 0.5) is 0 Å².